The number of ketones is 1. The topological polar surface area (TPSA) is 90.6 Å². The van der Waals surface area contributed by atoms with E-state index in [-0.39, 0.29) is 17.3 Å². The molecule has 0 spiro atoms. The first kappa shape index (κ1) is 12.1. The number of hydrogen-bond acceptors (Lipinski definition) is 4. The van der Waals surface area contributed by atoms with E-state index >= 15 is 0 Å². The zero-order chi connectivity index (χ0) is 14.4. The normalized spacial score (nSPS) is 20.8. The molecule has 0 saturated carbocycles. The van der Waals surface area contributed by atoms with Gasteiger partial charge >= 0.3 is 0 Å². The average molecular weight is 282 g/mol. The molecule has 2 aromatic heterocycles. The fraction of sp³-hybridized carbons (Fsp3) is 0.267. The fourth-order valence-electron chi connectivity index (χ4n) is 3.21. The van der Waals surface area contributed by atoms with E-state index in [1.165, 1.54) is 0 Å². The highest BCUT2D eigenvalue weighted by Crippen LogP contribution is 2.42. The van der Waals surface area contributed by atoms with Gasteiger partial charge in [0.25, 0.3) is 5.56 Å². The van der Waals surface area contributed by atoms with Gasteiger partial charge in [0.2, 0.25) is 0 Å². The lowest BCUT2D eigenvalue weighted by Gasteiger charge is -2.30. The van der Waals surface area contributed by atoms with E-state index in [0.29, 0.717) is 23.4 Å². The molecule has 1 atom stereocenters. The van der Waals surface area contributed by atoms with Crippen molar-refractivity contribution in [2.24, 2.45) is 0 Å². The van der Waals surface area contributed by atoms with Crippen LogP contribution in [0.1, 0.15) is 36.4 Å². The van der Waals surface area contributed by atoms with E-state index in [4.69, 9.17) is 0 Å². The van der Waals surface area contributed by atoms with Crippen LogP contribution in [0.2, 0.25) is 0 Å². The minimum absolute atomic E-state index is 0.102. The Labute approximate surface area is 120 Å². The zero-order valence-electron chi connectivity index (χ0n) is 11.3. The number of fused-ring (bicyclic) bond motifs is 1. The van der Waals surface area contributed by atoms with Crippen molar-refractivity contribution >= 4 is 11.6 Å². The highest BCUT2D eigenvalue weighted by atomic mass is 16.1. The summed E-state index contributed by atoms with van der Waals surface area (Å²) in [4.78, 5) is 28.9. The first-order valence-corrected chi connectivity index (χ1v) is 7.00. The van der Waals surface area contributed by atoms with Crippen molar-refractivity contribution in [3.8, 4) is 0 Å². The third kappa shape index (κ3) is 1.75. The van der Waals surface area contributed by atoms with Gasteiger partial charge in [-0.05, 0) is 25.0 Å². The molecule has 2 aliphatic rings. The molecule has 3 heterocycles. The smallest absolute Gasteiger partial charge is 0.270 e. The van der Waals surface area contributed by atoms with E-state index in [0.717, 1.165) is 24.2 Å². The second kappa shape index (κ2) is 4.44. The molecule has 1 unspecified atom stereocenters. The van der Waals surface area contributed by atoms with Crippen molar-refractivity contribution < 1.29 is 4.79 Å². The number of hydrogen-bond donors (Lipinski definition) is 3. The molecule has 6 heteroatoms. The van der Waals surface area contributed by atoms with Gasteiger partial charge in [-0.2, -0.15) is 0 Å². The van der Waals surface area contributed by atoms with E-state index in [2.05, 4.69) is 20.5 Å². The standard InChI is InChI=1S/C15H14N4O2/c20-10-6-3-5-9-11(10)12(8-4-1-2-7-16-8)13-14(17-9)18-19-15(13)21/h1-2,4,7,12H,3,5-6H2,(H3,17,18,19,21). The van der Waals surface area contributed by atoms with E-state index in [1.807, 2.05) is 18.2 Å². The van der Waals surface area contributed by atoms with Gasteiger partial charge in [-0.1, -0.05) is 6.07 Å². The third-order valence-corrected chi connectivity index (χ3v) is 4.11. The summed E-state index contributed by atoms with van der Waals surface area (Å²) in [5, 5.41) is 8.64. The number of pyridine rings is 1. The summed E-state index contributed by atoms with van der Waals surface area (Å²) in [7, 11) is 0. The van der Waals surface area contributed by atoms with E-state index in [1.54, 1.807) is 6.20 Å². The minimum atomic E-state index is -0.389. The Bertz CT molecular complexity index is 801. The van der Waals surface area contributed by atoms with Crippen LogP contribution in [-0.2, 0) is 4.79 Å². The van der Waals surface area contributed by atoms with Crippen molar-refractivity contribution in [3.05, 3.63) is 57.3 Å². The maximum Gasteiger partial charge on any atom is 0.270 e. The molecule has 1 aliphatic carbocycles. The van der Waals surface area contributed by atoms with E-state index < -0.39 is 0 Å². The lowest BCUT2D eigenvalue weighted by atomic mass is 9.78. The lowest BCUT2D eigenvalue weighted by molar-refractivity contribution is -0.116. The fourth-order valence-corrected chi connectivity index (χ4v) is 3.21. The summed E-state index contributed by atoms with van der Waals surface area (Å²) in [5.41, 5.74) is 2.66. The van der Waals surface area contributed by atoms with Crippen LogP contribution in [0.5, 0.6) is 0 Å². The van der Waals surface area contributed by atoms with Crippen molar-refractivity contribution in [2.75, 3.05) is 5.32 Å². The van der Waals surface area contributed by atoms with Crippen LogP contribution in [0, 0.1) is 0 Å². The largest absolute Gasteiger partial charge is 0.343 e. The molecule has 6 nitrogen and oxygen atoms in total. The Morgan fingerprint density at radius 2 is 2.05 bits per heavy atom. The van der Waals surface area contributed by atoms with Crippen LogP contribution < -0.4 is 10.9 Å². The average Bonchev–Trinajstić information content (AvgIpc) is 2.88. The molecule has 21 heavy (non-hydrogen) atoms. The molecule has 4 rings (SSSR count). The quantitative estimate of drug-likeness (QED) is 0.742. The van der Waals surface area contributed by atoms with Gasteiger partial charge in [0.1, 0.15) is 5.82 Å². The first-order valence-electron chi connectivity index (χ1n) is 7.00. The minimum Gasteiger partial charge on any atom is -0.343 e. The second-order valence-electron chi connectivity index (χ2n) is 5.35. The Balaban J connectivity index is 1.98. The summed E-state index contributed by atoms with van der Waals surface area (Å²) in [6.07, 6.45) is 3.87. The number of rotatable bonds is 1. The van der Waals surface area contributed by atoms with Gasteiger partial charge in [0, 0.05) is 23.9 Å². The summed E-state index contributed by atoms with van der Waals surface area (Å²) in [5.74, 6) is 0.356. The highest BCUT2D eigenvalue weighted by molar-refractivity contribution is 6.00. The molecule has 3 N–H and O–H groups in total. The van der Waals surface area contributed by atoms with Crippen LogP contribution in [-0.4, -0.2) is 21.0 Å². The van der Waals surface area contributed by atoms with Crippen LogP contribution in [0.3, 0.4) is 0 Å². The second-order valence-corrected chi connectivity index (χ2v) is 5.35. The summed E-state index contributed by atoms with van der Waals surface area (Å²) >= 11 is 0. The van der Waals surface area contributed by atoms with Crippen molar-refractivity contribution in [3.63, 3.8) is 0 Å². The van der Waals surface area contributed by atoms with Gasteiger partial charge in [-0.3, -0.25) is 24.8 Å². The Morgan fingerprint density at radius 3 is 2.86 bits per heavy atom. The molecule has 0 amide bonds. The van der Waals surface area contributed by atoms with Gasteiger partial charge in [0.05, 0.1) is 17.2 Å². The van der Waals surface area contributed by atoms with Crippen LogP contribution >= 0.6 is 0 Å². The Kier molecular flexibility index (Phi) is 2.57. The summed E-state index contributed by atoms with van der Waals surface area (Å²) < 4.78 is 0. The number of H-pyrrole nitrogens is 2. The monoisotopic (exact) mass is 282 g/mol. The number of Topliss-reactive ketones (excluding diaryl/α,β-unsaturated/α-hetero) is 1. The number of nitrogens with one attached hydrogen (secondary N) is 3. The highest BCUT2D eigenvalue weighted by Gasteiger charge is 2.38. The van der Waals surface area contributed by atoms with Crippen molar-refractivity contribution in [1.29, 1.82) is 0 Å². The molecule has 0 fully saturated rings. The molecule has 0 saturated heterocycles. The molecular formula is C15H14N4O2. The van der Waals surface area contributed by atoms with Crippen molar-refractivity contribution in [1.82, 2.24) is 15.2 Å². The number of aromatic nitrogens is 3. The van der Waals surface area contributed by atoms with Gasteiger partial charge in [0.15, 0.2) is 5.78 Å². The molecule has 0 aromatic carbocycles. The first-order chi connectivity index (χ1) is 10.3. The molecule has 0 radical (unpaired) electrons. The third-order valence-electron chi connectivity index (χ3n) is 4.11. The lowest BCUT2D eigenvalue weighted by Crippen LogP contribution is -2.29. The van der Waals surface area contributed by atoms with Gasteiger partial charge in [-0.25, -0.2) is 0 Å². The SMILES string of the molecule is O=C1CCCC2=C1C(c1ccccn1)c1c([nH][nH]c1=O)N2. The summed E-state index contributed by atoms with van der Waals surface area (Å²) in [6, 6.07) is 5.56. The Morgan fingerprint density at radius 1 is 1.14 bits per heavy atom. The molecule has 1 aliphatic heterocycles. The maximum absolute atomic E-state index is 12.4. The van der Waals surface area contributed by atoms with Gasteiger partial charge in [-0.15, -0.1) is 0 Å². The van der Waals surface area contributed by atoms with Crippen LogP contribution in [0.4, 0.5) is 5.82 Å². The molecule has 0 bridgehead atoms. The van der Waals surface area contributed by atoms with Crippen LogP contribution in [0.15, 0.2) is 40.5 Å². The number of aromatic amines is 2. The predicted octanol–water partition coefficient (Wildman–Crippen LogP) is 1.66. The maximum atomic E-state index is 12.4. The Hall–Kier alpha value is -2.63. The summed E-state index contributed by atoms with van der Waals surface area (Å²) in [6.45, 7) is 0. The number of carbonyl (C=O) groups is 1. The van der Waals surface area contributed by atoms with Crippen LogP contribution in [0.25, 0.3) is 0 Å². The van der Waals surface area contributed by atoms with E-state index in [9.17, 15) is 9.59 Å². The number of nitrogens with zero attached hydrogens (tertiary/aromatic N) is 1. The number of allylic oxidation sites excluding steroid dienone is 2. The predicted molar refractivity (Wildman–Crippen MR) is 77.0 cm³/mol. The molecular weight excluding hydrogens is 268 g/mol. The zero-order valence-corrected chi connectivity index (χ0v) is 11.3. The van der Waals surface area contributed by atoms with Crippen molar-refractivity contribution in [2.45, 2.75) is 25.2 Å². The number of carbonyl (C=O) groups excluding carboxylic acids is 1. The van der Waals surface area contributed by atoms with Gasteiger partial charge < -0.3 is 5.32 Å². The molecule has 2 aromatic rings. The molecule has 106 valence electrons. The number of anilines is 1.